The number of hydrogen-bond acceptors (Lipinski definition) is 2. The Morgan fingerprint density at radius 3 is 3.00 bits per heavy atom. The van der Waals surface area contributed by atoms with Gasteiger partial charge in [-0.1, -0.05) is 30.7 Å². The number of benzene rings is 1. The first kappa shape index (κ1) is 13.7. The van der Waals surface area contributed by atoms with Gasteiger partial charge in [-0.15, -0.1) is 0 Å². The zero-order valence-corrected chi connectivity index (χ0v) is 12.5. The van der Waals surface area contributed by atoms with E-state index < -0.39 is 0 Å². The highest BCUT2D eigenvalue weighted by Gasteiger charge is 2.25. The Morgan fingerprint density at radius 1 is 1.45 bits per heavy atom. The number of imidazole rings is 1. The van der Waals surface area contributed by atoms with Crippen LogP contribution in [-0.4, -0.2) is 9.55 Å². The molecule has 1 heterocycles. The molecule has 1 atom stereocenters. The van der Waals surface area contributed by atoms with Gasteiger partial charge in [0, 0.05) is 29.8 Å². The molecule has 0 saturated heterocycles. The first-order valence-corrected chi connectivity index (χ1v) is 7.65. The molecule has 1 aliphatic rings. The van der Waals surface area contributed by atoms with E-state index in [1.54, 1.807) is 0 Å². The van der Waals surface area contributed by atoms with Crippen molar-refractivity contribution >= 4 is 11.6 Å². The molecule has 0 aliphatic heterocycles. The number of rotatable bonds is 6. The molecule has 0 spiro atoms. The third-order valence-electron chi connectivity index (χ3n) is 3.88. The predicted octanol–water partition coefficient (Wildman–Crippen LogP) is 4.11. The Labute approximate surface area is 125 Å². The van der Waals surface area contributed by atoms with Gasteiger partial charge in [-0.3, -0.25) is 0 Å². The minimum absolute atomic E-state index is 0.330. The van der Waals surface area contributed by atoms with Crippen LogP contribution >= 0.6 is 11.6 Å². The van der Waals surface area contributed by atoms with Crippen LogP contribution in [0.25, 0.3) is 0 Å². The molecule has 4 heteroatoms. The van der Waals surface area contributed by atoms with E-state index in [1.807, 2.05) is 30.7 Å². The van der Waals surface area contributed by atoms with E-state index in [-0.39, 0.29) is 0 Å². The van der Waals surface area contributed by atoms with Gasteiger partial charge in [0.25, 0.3) is 0 Å². The maximum atomic E-state index is 6.08. The molecule has 0 radical (unpaired) electrons. The highest BCUT2D eigenvalue weighted by molar-refractivity contribution is 6.30. The standard InChI is InChI=1S/C16H20ClN3/c1-2-16(12-4-3-5-13(17)8-12)19-10-15-9-18-11-20(15)14-6-7-14/h3-5,8-9,11,14,16,19H,2,6-7,10H2,1H3. The molecule has 106 valence electrons. The second-order valence-corrected chi connectivity index (χ2v) is 5.86. The van der Waals surface area contributed by atoms with Crippen LogP contribution in [0.5, 0.6) is 0 Å². The highest BCUT2D eigenvalue weighted by atomic mass is 35.5. The fourth-order valence-corrected chi connectivity index (χ4v) is 2.80. The van der Waals surface area contributed by atoms with Crippen molar-refractivity contribution in [2.24, 2.45) is 0 Å². The zero-order chi connectivity index (χ0) is 13.9. The van der Waals surface area contributed by atoms with Crippen LogP contribution in [-0.2, 0) is 6.54 Å². The first-order chi connectivity index (χ1) is 9.78. The van der Waals surface area contributed by atoms with Crippen LogP contribution in [0.2, 0.25) is 5.02 Å². The summed E-state index contributed by atoms with van der Waals surface area (Å²) >= 11 is 6.08. The van der Waals surface area contributed by atoms with Gasteiger partial charge < -0.3 is 9.88 Å². The summed E-state index contributed by atoms with van der Waals surface area (Å²) in [6.45, 7) is 3.04. The topological polar surface area (TPSA) is 29.9 Å². The van der Waals surface area contributed by atoms with E-state index in [0.717, 1.165) is 18.0 Å². The quantitative estimate of drug-likeness (QED) is 0.867. The van der Waals surface area contributed by atoms with Crippen molar-refractivity contribution < 1.29 is 0 Å². The molecule has 1 aromatic carbocycles. The first-order valence-electron chi connectivity index (χ1n) is 7.27. The monoisotopic (exact) mass is 289 g/mol. The highest BCUT2D eigenvalue weighted by Crippen LogP contribution is 2.35. The summed E-state index contributed by atoms with van der Waals surface area (Å²) in [5.74, 6) is 0. The predicted molar refractivity (Wildman–Crippen MR) is 81.8 cm³/mol. The van der Waals surface area contributed by atoms with Crippen LogP contribution in [0.3, 0.4) is 0 Å². The van der Waals surface area contributed by atoms with E-state index in [4.69, 9.17) is 11.6 Å². The minimum atomic E-state index is 0.330. The number of nitrogens with one attached hydrogen (secondary N) is 1. The average molecular weight is 290 g/mol. The molecular formula is C16H20ClN3. The van der Waals surface area contributed by atoms with Crippen LogP contribution in [0.1, 0.15) is 49.5 Å². The van der Waals surface area contributed by atoms with Gasteiger partial charge in [-0.05, 0) is 37.0 Å². The van der Waals surface area contributed by atoms with E-state index in [9.17, 15) is 0 Å². The Balaban J connectivity index is 1.67. The number of aromatic nitrogens is 2. The molecule has 1 N–H and O–H groups in total. The van der Waals surface area contributed by atoms with Crippen molar-refractivity contribution in [2.75, 3.05) is 0 Å². The van der Waals surface area contributed by atoms with E-state index >= 15 is 0 Å². The van der Waals surface area contributed by atoms with Gasteiger partial charge >= 0.3 is 0 Å². The van der Waals surface area contributed by atoms with Gasteiger partial charge in [0.05, 0.1) is 12.0 Å². The molecular weight excluding hydrogens is 270 g/mol. The second kappa shape index (κ2) is 5.98. The lowest BCUT2D eigenvalue weighted by molar-refractivity contribution is 0.502. The summed E-state index contributed by atoms with van der Waals surface area (Å²) in [4.78, 5) is 4.28. The fraction of sp³-hybridized carbons (Fsp3) is 0.438. The fourth-order valence-electron chi connectivity index (χ4n) is 2.60. The summed E-state index contributed by atoms with van der Waals surface area (Å²) < 4.78 is 2.30. The Morgan fingerprint density at radius 2 is 2.30 bits per heavy atom. The van der Waals surface area contributed by atoms with Crippen LogP contribution < -0.4 is 5.32 Å². The third-order valence-corrected chi connectivity index (χ3v) is 4.11. The normalized spacial score (nSPS) is 16.3. The molecule has 1 aliphatic carbocycles. The molecule has 1 saturated carbocycles. The van der Waals surface area contributed by atoms with Gasteiger partial charge in [-0.25, -0.2) is 4.98 Å². The van der Waals surface area contributed by atoms with Gasteiger partial charge in [-0.2, -0.15) is 0 Å². The minimum Gasteiger partial charge on any atom is -0.330 e. The van der Waals surface area contributed by atoms with E-state index in [0.29, 0.717) is 12.1 Å². The Hall–Kier alpha value is -1.32. The zero-order valence-electron chi connectivity index (χ0n) is 11.7. The van der Waals surface area contributed by atoms with Crippen molar-refractivity contribution in [1.29, 1.82) is 0 Å². The van der Waals surface area contributed by atoms with Crippen LogP contribution in [0.4, 0.5) is 0 Å². The lowest BCUT2D eigenvalue weighted by atomic mass is 10.0. The molecule has 20 heavy (non-hydrogen) atoms. The van der Waals surface area contributed by atoms with Crippen molar-refractivity contribution in [2.45, 2.75) is 44.8 Å². The molecule has 1 unspecified atom stereocenters. The third kappa shape index (κ3) is 3.05. The van der Waals surface area contributed by atoms with Crippen molar-refractivity contribution in [1.82, 2.24) is 14.9 Å². The summed E-state index contributed by atoms with van der Waals surface area (Å²) in [6, 6.07) is 9.11. The number of hydrogen-bond donors (Lipinski definition) is 1. The Kier molecular flexibility index (Phi) is 4.08. The lowest BCUT2D eigenvalue weighted by Gasteiger charge is -2.18. The van der Waals surface area contributed by atoms with Gasteiger partial charge in [0.15, 0.2) is 0 Å². The molecule has 1 aromatic heterocycles. The van der Waals surface area contributed by atoms with E-state index in [1.165, 1.54) is 24.1 Å². The SMILES string of the molecule is CCC(NCc1cncn1C1CC1)c1cccc(Cl)c1. The molecule has 0 amide bonds. The average Bonchev–Trinajstić information content (AvgIpc) is 3.19. The lowest BCUT2D eigenvalue weighted by Crippen LogP contribution is -2.21. The molecule has 0 bridgehead atoms. The van der Waals surface area contributed by atoms with Crippen molar-refractivity contribution in [3.8, 4) is 0 Å². The summed E-state index contributed by atoms with van der Waals surface area (Å²) in [5.41, 5.74) is 2.52. The molecule has 1 fully saturated rings. The van der Waals surface area contributed by atoms with Gasteiger partial charge in [0.1, 0.15) is 0 Å². The van der Waals surface area contributed by atoms with Crippen LogP contribution in [0.15, 0.2) is 36.8 Å². The van der Waals surface area contributed by atoms with Crippen molar-refractivity contribution in [3.05, 3.63) is 53.1 Å². The Bertz CT molecular complexity index is 575. The maximum absolute atomic E-state index is 6.08. The summed E-state index contributed by atoms with van der Waals surface area (Å²) in [7, 11) is 0. The number of nitrogens with zero attached hydrogens (tertiary/aromatic N) is 2. The largest absolute Gasteiger partial charge is 0.330 e. The summed E-state index contributed by atoms with van der Waals surface area (Å²) in [6.07, 6.45) is 7.53. The van der Waals surface area contributed by atoms with Crippen molar-refractivity contribution in [3.63, 3.8) is 0 Å². The summed E-state index contributed by atoms with van der Waals surface area (Å²) in [5, 5.41) is 4.42. The molecule has 3 nitrogen and oxygen atoms in total. The van der Waals surface area contributed by atoms with Gasteiger partial charge in [0.2, 0.25) is 0 Å². The van der Waals surface area contributed by atoms with E-state index in [2.05, 4.69) is 27.9 Å². The number of halogens is 1. The van der Waals surface area contributed by atoms with Crippen LogP contribution in [0, 0.1) is 0 Å². The maximum Gasteiger partial charge on any atom is 0.0951 e. The second-order valence-electron chi connectivity index (χ2n) is 5.42. The molecule has 2 aromatic rings. The molecule has 3 rings (SSSR count). The smallest absolute Gasteiger partial charge is 0.0951 e.